The molecule has 0 saturated heterocycles. The smallest absolute Gasteiger partial charge is 0.249 e. The van der Waals surface area contributed by atoms with Crippen LogP contribution in [0.2, 0.25) is 0 Å². The summed E-state index contributed by atoms with van der Waals surface area (Å²) in [5.41, 5.74) is 6.32. The topological polar surface area (TPSA) is 64.9 Å². The first-order chi connectivity index (χ1) is 7.88. The third kappa shape index (κ3) is 2.27. The van der Waals surface area contributed by atoms with E-state index in [1.807, 2.05) is 20.8 Å². The van der Waals surface area contributed by atoms with Crippen molar-refractivity contribution in [1.82, 2.24) is 10.2 Å². The summed E-state index contributed by atoms with van der Waals surface area (Å²) < 4.78 is 18.4. The van der Waals surface area contributed by atoms with E-state index in [0.29, 0.717) is 17.3 Å². The molecule has 1 aromatic heterocycles. The highest BCUT2D eigenvalue weighted by Crippen LogP contribution is 2.28. The molecular formula is C12H14FN3O. The van der Waals surface area contributed by atoms with Gasteiger partial charge in [0.1, 0.15) is 5.82 Å². The zero-order valence-corrected chi connectivity index (χ0v) is 9.99. The van der Waals surface area contributed by atoms with Crippen molar-refractivity contribution in [3.63, 3.8) is 0 Å². The van der Waals surface area contributed by atoms with Crippen LogP contribution in [0.5, 0.6) is 0 Å². The first kappa shape index (κ1) is 11.6. The Hall–Kier alpha value is -1.91. The summed E-state index contributed by atoms with van der Waals surface area (Å²) >= 11 is 0. The van der Waals surface area contributed by atoms with Crippen molar-refractivity contribution >= 4 is 5.69 Å². The van der Waals surface area contributed by atoms with Crippen molar-refractivity contribution in [1.29, 1.82) is 0 Å². The van der Waals surface area contributed by atoms with Gasteiger partial charge in [-0.1, -0.05) is 20.8 Å². The highest BCUT2D eigenvalue weighted by atomic mass is 19.1. The Morgan fingerprint density at radius 3 is 2.47 bits per heavy atom. The first-order valence-corrected chi connectivity index (χ1v) is 5.27. The third-order valence-electron chi connectivity index (χ3n) is 2.31. The number of anilines is 1. The van der Waals surface area contributed by atoms with Gasteiger partial charge in [0.15, 0.2) is 0 Å². The Morgan fingerprint density at radius 2 is 1.94 bits per heavy atom. The number of benzene rings is 1. The van der Waals surface area contributed by atoms with E-state index in [4.69, 9.17) is 10.2 Å². The minimum Gasteiger partial charge on any atom is -0.420 e. The Balaban J connectivity index is 2.44. The maximum atomic E-state index is 12.9. The van der Waals surface area contributed by atoms with Crippen molar-refractivity contribution in [2.24, 2.45) is 0 Å². The fourth-order valence-corrected chi connectivity index (χ4v) is 1.36. The van der Waals surface area contributed by atoms with E-state index in [2.05, 4.69) is 10.2 Å². The van der Waals surface area contributed by atoms with Crippen molar-refractivity contribution in [2.75, 3.05) is 5.73 Å². The molecule has 0 unspecified atom stereocenters. The molecule has 2 aromatic rings. The molecule has 5 heteroatoms. The van der Waals surface area contributed by atoms with E-state index >= 15 is 0 Å². The summed E-state index contributed by atoms with van der Waals surface area (Å²) in [6.07, 6.45) is 0. The summed E-state index contributed by atoms with van der Waals surface area (Å²) in [5, 5.41) is 7.89. The highest BCUT2D eigenvalue weighted by Gasteiger charge is 2.22. The van der Waals surface area contributed by atoms with Gasteiger partial charge in [-0.2, -0.15) is 0 Å². The molecule has 0 bridgehead atoms. The maximum absolute atomic E-state index is 12.9. The van der Waals surface area contributed by atoms with Gasteiger partial charge >= 0.3 is 0 Å². The monoisotopic (exact) mass is 235 g/mol. The van der Waals surface area contributed by atoms with E-state index in [-0.39, 0.29) is 16.9 Å². The largest absolute Gasteiger partial charge is 0.420 e. The van der Waals surface area contributed by atoms with E-state index in [1.54, 1.807) is 0 Å². The molecule has 1 heterocycles. The minimum absolute atomic E-state index is 0.222. The first-order valence-electron chi connectivity index (χ1n) is 5.27. The molecule has 1 aromatic carbocycles. The number of hydrogen-bond donors (Lipinski definition) is 1. The lowest BCUT2D eigenvalue weighted by Gasteiger charge is -2.11. The maximum Gasteiger partial charge on any atom is 0.249 e. The number of nitrogens with zero attached hydrogens (tertiary/aromatic N) is 2. The minimum atomic E-state index is -0.387. The molecule has 0 spiro atoms. The van der Waals surface area contributed by atoms with Gasteiger partial charge in [-0.3, -0.25) is 0 Å². The summed E-state index contributed by atoms with van der Waals surface area (Å²) in [5.74, 6) is 0.450. The highest BCUT2D eigenvalue weighted by molar-refractivity contribution is 5.69. The lowest BCUT2D eigenvalue weighted by Crippen LogP contribution is -2.11. The van der Waals surface area contributed by atoms with Gasteiger partial charge in [0, 0.05) is 11.1 Å². The van der Waals surface area contributed by atoms with Crippen molar-refractivity contribution in [3.8, 4) is 11.5 Å². The molecule has 0 amide bonds. The Labute approximate surface area is 98.7 Å². The van der Waals surface area contributed by atoms with E-state index in [1.165, 1.54) is 18.2 Å². The van der Waals surface area contributed by atoms with Crippen LogP contribution in [-0.4, -0.2) is 10.2 Å². The predicted molar refractivity (Wildman–Crippen MR) is 62.8 cm³/mol. The van der Waals surface area contributed by atoms with Crippen molar-refractivity contribution in [3.05, 3.63) is 29.9 Å². The van der Waals surface area contributed by atoms with Crippen molar-refractivity contribution < 1.29 is 8.81 Å². The van der Waals surface area contributed by atoms with Crippen LogP contribution in [-0.2, 0) is 5.41 Å². The molecule has 17 heavy (non-hydrogen) atoms. The summed E-state index contributed by atoms with van der Waals surface area (Å²) in [7, 11) is 0. The molecule has 0 aliphatic rings. The molecule has 0 radical (unpaired) electrons. The second kappa shape index (κ2) is 3.84. The van der Waals surface area contributed by atoms with Gasteiger partial charge in [0.2, 0.25) is 11.8 Å². The second-order valence-electron chi connectivity index (χ2n) is 4.89. The van der Waals surface area contributed by atoms with Gasteiger partial charge in [0.05, 0.1) is 5.56 Å². The molecule has 0 atom stereocenters. The molecule has 2 N–H and O–H groups in total. The molecular weight excluding hydrogens is 221 g/mol. The van der Waals surface area contributed by atoms with Crippen LogP contribution in [0, 0.1) is 5.82 Å². The van der Waals surface area contributed by atoms with Crippen LogP contribution in [0.3, 0.4) is 0 Å². The fourth-order valence-electron chi connectivity index (χ4n) is 1.36. The quantitative estimate of drug-likeness (QED) is 0.772. The van der Waals surface area contributed by atoms with Crippen LogP contribution >= 0.6 is 0 Å². The van der Waals surface area contributed by atoms with Gasteiger partial charge < -0.3 is 10.2 Å². The third-order valence-corrected chi connectivity index (χ3v) is 2.31. The summed E-state index contributed by atoms with van der Waals surface area (Å²) in [6.45, 7) is 5.91. The molecule has 2 rings (SSSR count). The Bertz CT molecular complexity index is 543. The summed E-state index contributed by atoms with van der Waals surface area (Å²) in [6, 6.07) is 4.08. The number of hydrogen-bond acceptors (Lipinski definition) is 4. The molecule has 0 aliphatic carbocycles. The zero-order valence-electron chi connectivity index (χ0n) is 9.99. The second-order valence-corrected chi connectivity index (χ2v) is 4.89. The number of aromatic nitrogens is 2. The van der Waals surface area contributed by atoms with Crippen LogP contribution in [0.1, 0.15) is 26.7 Å². The normalized spacial score (nSPS) is 11.8. The average molecular weight is 235 g/mol. The predicted octanol–water partition coefficient (Wildman–Crippen LogP) is 2.76. The SMILES string of the molecule is CC(C)(C)c1nnc(-c2ccc(F)cc2N)o1. The molecule has 90 valence electrons. The fraction of sp³-hybridized carbons (Fsp3) is 0.333. The van der Waals surface area contributed by atoms with Crippen LogP contribution in [0.15, 0.2) is 22.6 Å². The number of nitrogen functional groups attached to an aromatic ring is 1. The standard InChI is InChI=1S/C12H14FN3O/c1-12(2,3)11-16-15-10(17-11)8-5-4-7(13)6-9(8)14/h4-6H,14H2,1-3H3. The van der Waals surface area contributed by atoms with Crippen molar-refractivity contribution in [2.45, 2.75) is 26.2 Å². The molecule has 4 nitrogen and oxygen atoms in total. The lowest BCUT2D eigenvalue weighted by atomic mass is 9.97. The van der Waals surface area contributed by atoms with Crippen LogP contribution < -0.4 is 5.73 Å². The van der Waals surface area contributed by atoms with Gasteiger partial charge in [0.25, 0.3) is 0 Å². The Morgan fingerprint density at radius 1 is 1.24 bits per heavy atom. The van der Waals surface area contributed by atoms with E-state index < -0.39 is 0 Å². The van der Waals surface area contributed by atoms with E-state index in [0.717, 1.165) is 0 Å². The molecule has 0 fully saturated rings. The van der Waals surface area contributed by atoms with E-state index in [9.17, 15) is 4.39 Å². The number of rotatable bonds is 1. The van der Waals surface area contributed by atoms with Crippen LogP contribution in [0.4, 0.5) is 10.1 Å². The zero-order chi connectivity index (χ0) is 12.6. The van der Waals surface area contributed by atoms with Gasteiger partial charge in [-0.05, 0) is 18.2 Å². The molecule has 0 aliphatic heterocycles. The molecule has 0 saturated carbocycles. The Kier molecular flexibility index (Phi) is 2.61. The number of halogens is 1. The van der Waals surface area contributed by atoms with Gasteiger partial charge in [-0.25, -0.2) is 4.39 Å². The summed E-state index contributed by atoms with van der Waals surface area (Å²) in [4.78, 5) is 0. The van der Waals surface area contributed by atoms with Gasteiger partial charge in [-0.15, -0.1) is 10.2 Å². The average Bonchev–Trinajstić information content (AvgIpc) is 2.65. The number of nitrogens with two attached hydrogens (primary N) is 1. The lowest BCUT2D eigenvalue weighted by molar-refractivity contribution is 0.399. The van der Waals surface area contributed by atoms with Crippen LogP contribution in [0.25, 0.3) is 11.5 Å².